The van der Waals surface area contributed by atoms with Crippen LogP contribution < -0.4 is 4.74 Å². The third-order valence-electron chi connectivity index (χ3n) is 3.10. The molecule has 0 radical (unpaired) electrons. The maximum absolute atomic E-state index is 10.8. The van der Waals surface area contributed by atoms with Crippen LogP contribution in [0.15, 0.2) is 55.1 Å². The van der Waals surface area contributed by atoms with Crippen molar-refractivity contribution in [1.29, 1.82) is 0 Å². The first-order valence-corrected chi connectivity index (χ1v) is 6.69. The van der Waals surface area contributed by atoms with E-state index < -0.39 is 4.92 Å². The number of nitrogens with zero attached hydrogens (tertiary/aromatic N) is 1. The number of carbonyl (C=O) groups excluding carboxylic acids is 1. The van der Waals surface area contributed by atoms with E-state index in [1.807, 2.05) is 0 Å². The molecule has 0 bridgehead atoms. The van der Waals surface area contributed by atoms with Gasteiger partial charge in [0.1, 0.15) is 18.6 Å². The van der Waals surface area contributed by atoms with Gasteiger partial charge >= 0.3 is 0 Å². The third-order valence-corrected chi connectivity index (χ3v) is 3.10. The average Bonchev–Trinajstić information content (AvgIpc) is 2.54. The Bertz CT molecular complexity index is 710. The number of nitro groups is 1. The van der Waals surface area contributed by atoms with Crippen molar-refractivity contribution in [3.05, 3.63) is 81.9 Å². The van der Waals surface area contributed by atoms with Gasteiger partial charge < -0.3 is 4.74 Å². The molecule has 0 aliphatic heterocycles. The molecule has 0 aliphatic rings. The van der Waals surface area contributed by atoms with Crippen molar-refractivity contribution in [2.24, 2.45) is 0 Å². The van der Waals surface area contributed by atoms with E-state index in [1.54, 1.807) is 36.4 Å². The summed E-state index contributed by atoms with van der Waals surface area (Å²) in [4.78, 5) is 21.1. The summed E-state index contributed by atoms with van der Waals surface area (Å²) in [6.45, 7) is 3.90. The van der Waals surface area contributed by atoms with Gasteiger partial charge in [0.15, 0.2) is 0 Å². The van der Waals surface area contributed by atoms with Gasteiger partial charge in [-0.05, 0) is 35.7 Å². The van der Waals surface area contributed by atoms with Crippen molar-refractivity contribution in [2.75, 3.05) is 0 Å². The zero-order chi connectivity index (χ0) is 15.9. The molecule has 0 saturated heterocycles. The van der Waals surface area contributed by atoms with Gasteiger partial charge in [-0.3, -0.25) is 14.9 Å². The molecular weight excluding hydrogens is 282 g/mol. The molecule has 5 nitrogen and oxygen atoms in total. The van der Waals surface area contributed by atoms with Crippen LogP contribution in [0.3, 0.4) is 0 Å². The second kappa shape index (κ2) is 7.17. The van der Waals surface area contributed by atoms with Crippen molar-refractivity contribution in [3.63, 3.8) is 0 Å². The summed E-state index contributed by atoms with van der Waals surface area (Å²) < 4.78 is 5.72. The summed E-state index contributed by atoms with van der Waals surface area (Å²) in [7, 11) is 0. The lowest BCUT2D eigenvalue weighted by molar-refractivity contribution is -0.384. The fourth-order valence-corrected chi connectivity index (χ4v) is 2.05. The summed E-state index contributed by atoms with van der Waals surface area (Å²) in [6.07, 6.45) is 3.08. The van der Waals surface area contributed by atoms with Gasteiger partial charge in [-0.15, -0.1) is 6.58 Å². The highest BCUT2D eigenvalue weighted by atomic mass is 16.6. The van der Waals surface area contributed by atoms with Crippen LogP contribution in [0.5, 0.6) is 5.75 Å². The van der Waals surface area contributed by atoms with Crippen LogP contribution in [0, 0.1) is 10.1 Å². The highest BCUT2D eigenvalue weighted by Gasteiger charge is 2.08. The molecule has 0 amide bonds. The van der Waals surface area contributed by atoms with Gasteiger partial charge in [0.2, 0.25) is 0 Å². The Kier molecular flexibility index (Phi) is 5.03. The second-order valence-corrected chi connectivity index (χ2v) is 4.69. The van der Waals surface area contributed by atoms with E-state index in [0.717, 1.165) is 11.8 Å². The molecule has 2 aromatic carbocycles. The van der Waals surface area contributed by atoms with Crippen molar-refractivity contribution in [1.82, 2.24) is 0 Å². The monoisotopic (exact) mass is 297 g/mol. The summed E-state index contributed by atoms with van der Waals surface area (Å²) in [5.41, 5.74) is 2.16. The van der Waals surface area contributed by atoms with Crippen molar-refractivity contribution >= 4 is 12.0 Å². The first-order valence-electron chi connectivity index (χ1n) is 6.69. The lowest BCUT2D eigenvalue weighted by Crippen LogP contribution is -2.00. The minimum absolute atomic E-state index is 0.0312. The number of aldehydes is 1. The van der Waals surface area contributed by atoms with E-state index in [9.17, 15) is 14.9 Å². The molecule has 0 fully saturated rings. The highest BCUT2D eigenvalue weighted by Crippen LogP contribution is 2.22. The number of ether oxygens (including phenoxy) is 1. The molecule has 0 atom stereocenters. The number of allylic oxidation sites excluding steroid dienone is 1. The zero-order valence-electron chi connectivity index (χ0n) is 11.9. The third kappa shape index (κ3) is 3.79. The van der Waals surface area contributed by atoms with E-state index in [-0.39, 0.29) is 12.3 Å². The minimum Gasteiger partial charge on any atom is -0.489 e. The van der Waals surface area contributed by atoms with Crippen LogP contribution >= 0.6 is 0 Å². The Morgan fingerprint density at radius 2 is 2.05 bits per heavy atom. The highest BCUT2D eigenvalue weighted by molar-refractivity contribution is 5.75. The quantitative estimate of drug-likeness (QED) is 0.338. The lowest BCUT2D eigenvalue weighted by atomic mass is 10.1. The number of carbonyl (C=O) groups is 1. The van der Waals surface area contributed by atoms with Crippen LogP contribution in [-0.4, -0.2) is 11.2 Å². The van der Waals surface area contributed by atoms with Crippen LogP contribution in [0.2, 0.25) is 0 Å². The Morgan fingerprint density at radius 1 is 1.23 bits per heavy atom. The molecule has 0 spiro atoms. The van der Waals surface area contributed by atoms with Crippen molar-refractivity contribution < 1.29 is 14.5 Å². The fraction of sp³-hybridized carbons (Fsp3) is 0.118. The molecule has 0 heterocycles. The normalized spacial score (nSPS) is 10.0. The van der Waals surface area contributed by atoms with Crippen LogP contribution in [0.25, 0.3) is 0 Å². The molecule has 2 rings (SSSR count). The van der Waals surface area contributed by atoms with Gasteiger partial charge in [0.25, 0.3) is 5.69 Å². The minimum atomic E-state index is -0.439. The maximum atomic E-state index is 10.8. The maximum Gasteiger partial charge on any atom is 0.269 e. The van der Waals surface area contributed by atoms with Crippen LogP contribution in [0.4, 0.5) is 5.69 Å². The molecule has 112 valence electrons. The van der Waals surface area contributed by atoms with Crippen molar-refractivity contribution in [3.8, 4) is 5.75 Å². The summed E-state index contributed by atoms with van der Waals surface area (Å²) in [5, 5.41) is 10.8. The predicted molar refractivity (Wildman–Crippen MR) is 83.2 cm³/mol. The number of nitro benzene ring substituents is 1. The number of benzene rings is 2. The van der Waals surface area contributed by atoms with Gasteiger partial charge in [0, 0.05) is 17.7 Å². The van der Waals surface area contributed by atoms with E-state index in [0.29, 0.717) is 23.3 Å². The number of non-ortho nitro benzene ring substituents is 1. The largest absolute Gasteiger partial charge is 0.489 e. The van der Waals surface area contributed by atoms with Crippen LogP contribution in [0.1, 0.15) is 21.5 Å². The van der Waals surface area contributed by atoms with Gasteiger partial charge in [0.05, 0.1) is 4.92 Å². The smallest absolute Gasteiger partial charge is 0.269 e. The predicted octanol–water partition coefficient (Wildman–Crippen LogP) is 3.71. The molecule has 2 aromatic rings. The second-order valence-electron chi connectivity index (χ2n) is 4.69. The number of rotatable bonds is 7. The number of hydrogen-bond donors (Lipinski definition) is 0. The SMILES string of the molecule is C=CCc1cc(C=O)ccc1OCc1cccc([N+](=O)[O-])c1. The molecular formula is C17H15NO4. The average molecular weight is 297 g/mol. The first-order chi connectivity index (χ1) is 10.6. The molecule has 5 heteroatoms. The molecule has 22 heavy (non-hydrogen) atoms. The van der Waals surface area contributed by atoms with E-state index in [2.05, 4.69) is 6.58 Å². The van der Waals surface area contributed by atoms with Gasteiger partial charge in [-0.1, -0.05) is 18.2 Å². The van der Waals surface area contributed by atoms with Gasteiger partial charge in [-0.2, -0.15) is 0 Å². The van der Waals surface area contributed by atoms with Gasteiger partial charge in [-0.25, -0.2) is 0 Å². The van der Waals surface area contributed by atoms with Crippen molar-refractivity contribution in [2.45, 2.75) is 13.0 Å². The Labute approximate surface area is 128 Å². The zero-order valence-corrected chi connectivity index (χ0v) is 11.9. The first kappa shape index (κ1) is 15.4. The van der Waals surface area contributed by atoms with Crippen LogP contribution in [-0.2, 0) is 13.0 Å². The molecule has 0 saturated carbocycles. The topological polar surface area (TPSA) is 69.4 Å². The lowest BCUT2D eigenvalue weighted by Gasteiger charge is -2.11. The summed E-state index contributed by atoms with van der Waals surface area (Å²) in [5.74, 6) is 0.636. The molecule has 0 aliphatic carbocycles. The fourth-order valence-electron chi connectivity index (χ4n) is 2.05. The Hall–Kier alpha value is -2.95. The number of hydrogen-bond acceptors (Lipinski definition) is 4. The summed E-state index contributed by atoms with van der Waals surface area (Å²) >= 11 is 0. The molecule has 0 unspecified atom stereocenters. The Morgan fingerprint density at radius 3 is 2.73 bits per heavy atom. The molecule has 0 N–H and O–H groups in total. The standard InChI is InChI=1S/C17H15NO4/c1-2-4-15-9-13(11-19)7-8-17(15)22-12-14-5-3-6-16(10-14)18(20)21/h2-3,5-11H,1,4,12H2. The summed E-state index contributed by atoms with van der Waals surface area (Å²) in [6, 6.07) is 11.4. The van der Waals surface area contributed by atoms with E-state index >= 15 is 0 Å². The Balaban J connectivity index is 2.17. The molecule has 0 aromatic heterocycles. The van der Waals surface area contributed by atoms with E-state index in [1.165, 1.54) is 12.1 Å². The van der Waals surface area contributed by atoms with E-state index in [4.69, 9.17) is 4.74 Å².